The number of allylic oxidation sites excluding steroid dienone is 8. The van der Waals surface area contributed by atoms with Gasteiger partial charge >= 0.3 is 0 Å². The van der Waals surface area contributed by atoms with Gasteiger partial charge in [0.15, 0.2) is 0 Å². The third-order valence-corrected chi connectivity index (χ3v) is 1.98. The van der Waals surface area contributed by atoms with Crippen molar-refractivity contribution in [3.05, 3.63) is 47.1 Å². The van der Waals surface area contributed by atoms with Crippen LogP contribution in [0.2, 0.25) is 0 Å². The molecule has 0 bridgehead atoms. The summed E-state index contributed by atoms with van der Waals surface area (Å²) in [6.07, 6.45) is 12.0. The van der Waals surface area contributed by atoms with Crippen LogP contribution in [-0.2, 0) is 0 Å². The molecule has 0 saturated heterocycles. The van der Waals surface area contributed by atoms with E-state index in [0.717, 1.165) is 6.42 Å². The molecule has 0 heterocycles. The van der Waals surface area contributed by atoms with Crippen molar-refractivity contribution < 1.29 is 0 Å². The Morgan fingerprint density at radius 2 is 1.50 bits per heavy atom. The standard InChI is InChI=1S/C14H22/c1-6-8-9-13(4)11-14(5)10-12(3)7-2/h7-11H,6H2,1-5H3/b9-8-,12-7-,13-11+,14-10-. The first-order valence-electron chi connectivity index (χ1n) is 5.26. The molecule has 0 aromatic carbocycles. The van der Waals surface area contributed by atoms with Gasteiger partial charge in [0.1, 0.15) is 0 Å². The van der Waals surface area contributed by atoms with Crippen LogP contribution in [-0.4, -0.2) is 0 Å². The lowest BCUT2D eigenvalue weighted by atomic mass is 10.1. The molecule has 78 valence electrons. The third kappa shape index (κ3) is 6.47. The van der Waals surface area contributed by atoms with E-state index in [1.807, 2.05) is 0 Å². The molecule has 0 aliphatic heterocycles. The quantitative estimate of drug-likeness (QED) is 0.558. The van der Waals surface area contributed by atoms with Gasteiger partial charge in [0, 0.05) is 0 Å². The molecule has 0 unspecified atom stereocenters. The van der Waals surface area contributed by atoms with E-state index in [1.165, 1.54) is 16.7 Å². The fourth-order valence-electron chi connectivity index (χ4n) is 1.20. The smallest absolute Gasteiger partial charge is 0.0376 e. The first-order chi connectivity index (χ1) is 6.60. The van der Waals surface area contributed by atoms with Crippen molar-refractivity contribution in [3.8, 4) is 0 Å². The van der Waals surface area contributed by atoms with Crippen LogP contribution in [0.15, 0.2) is 47.1 Å². The molecule has 0 aromatic heterocycles. The summed E-state index contributed by atoms with van der Waals surface area (Å²) >= 11 is 0. The van der Waals surface area contributed by atoms with Crippen molar-refractivity contribution in [2.45, 2.75) is 41.0 Å². The van der Waals surface area contributed by atoms with Crippen molar-refractivity contribution in [2.24, 2.45) is 0 Å². The van der Waals surface area contributed by atoms with E-state index in [1.54, 1.807) is 0 Å². The van der Waals surface area contributed by atoms with Crippen molar-refractivity contribution in [3.63, 3.8) is 0 Å². The predicted octanol–water partition coefficient (Wildman–Crippen LogP) is 4.81. The van der Waals surface area contributed by atoms with Gasteiger partial charge in [0.05, 0.1) is 0 Å². The van der Waals surface area contributed by atoms with Crippen LogP contribution in [0.5, 0.6) is 0 Å². The molecule has 0 atom stereocenters. The van der Waals surface area contributed by atoms with Gasteiger partial charge in [0.2, 0.25) is 0 Å². The summed E-state index contributed by atoms with van der Waals surface area (Å²) in [4.78, 5) is 0. The van der Waals surface area contributed by atoms with E-state index in [9.17, 15) is 0 Å². The first-order valence-corrected chi connectivity index (χ1v) is 5.26. The third-order valence-electron chi connectivity index (χ3n) is 1.98. The van der Waals surface area contributed by atoms with Crippen LogP contribution in [0, 0.1) is 0 Å². The summed E-state index contributed by atoms with van der Waals surface area (Å²) < 4.78 is 0. The molecule has 0 radical (unpaired) electrons. The lowest BCUT2D eigenvalue weighted by Gasteiger charge is -1.96. The highest BCUT2D eigenvalue weighted by Gasteiger charge is 1.86. The second kappa shape index (κ2) is 7.37. The lowest BCUT2D eigenvalue weighted by Crippen LogP contribution is -1.75. The SMILES string of the molecule is C\C=C(C)/C=C(C)\C=C(C)\C=C/CC. The second-order valence-corrected chi connectivity index (χ2v) is 3.62. The molecular weight excluding hydrogens is 168 g/mol. The molecule has 0 amide bonds. The van der Waals surface area contributed by atoms with E-state index in [4.69, 9.17) is 0 Å². The van der Waals surface area contributed by atoms with Crippen molar-refractivity contribution >= 4 is 0 Å². The van der Waals surface area contributed by atoms with Gasteiger partial charge in [-0.05, 0) is 34.1 Å². The van der Waals surface area contributed by atoms with E-state index in [-0.39, 0.29) is 0 Å². The Labute approximate surface area is 88.7 Å². The molecule has 0 nitrogen and oxygen atoms in total. The summed E-state index contributed by atoms with van der Waals surface area (Å²) in [5.74, 6) is 0. The Balaban J connectivity index is 4.49. The highest BCUT2D eigenvalue weighted by Crippen LogP contribution is 2.07. The monoisotopic (exact) mass is 190 g/mol. The zero-order valence-electron chi connectivity index (χ0n) is 10.1. The van der Waals surface area contributed by atoms with Gasteiger partial charge < -0.3 is 0 Å². The number of hydrogen-bond donors (Lipinski definition) is 0. The van der Waals surface area contributed by atoms with Crippen LogP contribution in [0.1, 0.15) is 41.0 Å². The van der Waals surface area contributed by atoms with Crippen LogP contribution in [0.25, 0.3) is 0 Å². The van der Waals surface area contributed by atoms with Gasteiger partial charge in [0.25, 0.3) is 0 Å². The normalized spacial score (nSPS) is 15.4. The average Bonchev–Trinajstić information content (AvgIpc) is 2.14. The van der Waals surface area contributed by atoms with E-state index < -0.39 is 0 Å². The Hall–Kier alpha value is -1.04. The van der Waals surface area contributed by atoms with Crippen molar-refractivity contribution in [1.29, 1.82) is 0 Å². The Morgan fingerprint density at radius 1 is 0.929 bits per heavy atom. The predicted molar refractivity (Wildman–Crippen MR) is 66.4 cm³/mol. The number of rotatable bonds is 4. The number of hydrogen-bond acceptors (Lipinski definition) is 0. The summed E-state index contributed by atoms with van der Waals surface area (Å²) in [7, 11) is 0. The van der Waals surface area contributed by atoms with Crippen LogP contribution in [0.3, 0.4) is 0 Å². The highest BCUT2D eigenvalue weighted by molar-refractivity contribution is 5.32. The van der Waals surface area contributed by atoms with Crippen LogP contribution in [0.4, 0.5) is 0 Å². The minimum absolute atomic E-state index is 1.10. The van der Waals surface area contributed by atoms with Crippen molar-refractivity contribution in [1.82, 2.24) is 0 Å². The van der Waals surface area contributed by atoms with Crippen LogP contribution >= 0.6 is 0 Å². The molecule has 0 rings (SSSR count). The Bertz CT molecular complexity index is 272. The Kier molecular flexibility index (Phi) is 6.82. The lowest BCUT2D eigenvalue weighted by molar-refractivity contribution is 1.22. The average molecular weight is 190 g/mol. The zero-order valence-corrected chi connectivity index (χ0v) is 10.1. The van der Waals surface area contributed by atoms with Gasteiger partial charge in [-0.15, -0.1) is 0 Å². The molecule has 14 heavy (non-hydrogen) atoms. The molecular formula is C14H22. The molecule has 0 heteroatoms. The van der Waals surface area contributed by atoms with E-state index in [2.05, 4.69) is 65.0 Å². The molecule has 0 spiro atoms. The zero-order chi connectivity index (χ0) is 11.0. The minimum atomic E-state index is 1.10. The molecule has 0 N–H and O–H groups in total. The van der Waals surface area contributed by atoms with Gasteiger partial charge in [-0.3, -0.25) is 0 Å². The molecule has 0 saturated carbocycles. The maximum absolute atomic E-state index is 2.21. The molecule has 0 aliphatic rings. The van der Waals surface area contributed by atoms with Crippen molar-refractivity contribution in [2.75, 3.05) is 0 Å². The Morgan fingerprint density at radius 3 is 2.00 bits per heavy atom. The van der Waals surface area contributed by atoms with E-state index >= 15 is 0 Å². The molecule has 0 aromatic rings. The summed E-state index contributed by atoms with van der Waals surface area (Å²) in [5, 5.41) is 0. The molecule has 0 fully saturated rings. The topological polar surface area (TPSA) is 0 Å². The maximum atomic E-state index is 2.21. The summed E-state index contributed by atoms with van der Waals surface area (Å²) in [6, 6.07) is 0. The fraction of sp³-hybridized carbons (Fsp3) is 0.429. The van der Waals surface area contributed by atoms with Gasteiger partial charge in [-0.1, -0.05) is 54.0 Å². The first kappa shape index (κ1) is 13.0. The summed E-state index contributed by atoms with van der Waals surface area (Å²) in [5.41, 5.74) is 3.93. The van der Waals surface area contributed by atoms with E-state index in [0.29, 0.717) is 0 Å². The minimum Gasteiger partial charge on any atom is -0.0847 e. The maximum Gasteiger partial charge on any atom is -0.0376 e. The second-order valence-electron chi connectivity index (χ2n) is 3.62. The highest BCUT2D eigenvalue weighted by atomic mass is 13.9. The summed E-state index contributed by atoms with van der Waals surface area (Å²) in [6.45, 7) is 10.6. The van der Waals surface area contributed by atoms with Gasteiger partial charge in [-0.25, -0.2) is 0 Å². The molecule has 0 aliphatic carbocycles. The van der Waals surface area contributed by atoms with Crippen LogP contribution < -0.4 is 0 Å². The fourth-order valence-corrected chi connectivity index (χ4v) is 1.20. The van der Waals surface area contributed by atoms with Gasteiger partial charge in [-0.2, -0.15) is 0 Å². The largest absolute Gasteiger partial charge is 0.0847 e.